The number of hydrogen-bond acceptors (Lipinski definition) is 2. The quantitative estimate of drug-likeness (QED) is 0.552. The average Bonchev–Trinajstić information content (AvgIpc) is 1.85. The van der Waals surface area contributed by atoms with Crippen LogP contribution in [0.25, 0.3) is 0 Å². The highest BCUT2D eigenvalue weighted by atomic mass is 16.5. The van der Waals surface area contributed by atoms with Crippen LogP contribution in [0.3, 0.4) is 0 Å². The third-order valence-electron chi connectivity index (χ3n) is 1.68. The molecule has 0 saturated heterocycles. The van der Waals surface area contributed by atoms with Crippen molar-refractivity contribution in [1.29, 1.82) is 0 Å². The van der Waals surface area contributed by atoms with Gasteiger partial charge in [0.2, 0.25) is 0 Å². The molecule has 0 N–H and O–H groups in total. The van der Waals surface area contributed by atoms with Gasteiger partial charge >= 0.3 is 0 Å². The molecule has 1 atom stereocenters. The van der Waals surface area contributed by atoms with E-state index >= 15 is 0 Å². The van der Waals surface area contributed by atoms with Gasteiger partial charge < -0.3 is 4.74 Å². The van der Waals surface area contributed by atoms with Crippen molar-refractivity contribution in [3.63, 3.8) is 0 Å². The molecule has 2 nitrogen and oxygen atoms in total. The van der Waals surface area contributed by atoms with Crippen molar-refractivity contribution in [2.45, 2.75) is 19.8 Å². The summed E-state index contributed by atoms with van der Waals surface area (Å²) in [5.74, 6) is 1.46. The van der Waals surface area contributed by atoms with E-state index in [0.29, 0.717) is 12.3 Å². The Labute approximate surface area is 60.9 Å². The second kappa shape index (κ2) is 2.86. The molecule has 0 bridgehead atoms. The van der Waals surface area contributed by atoms with E-state index in [9.17, 15) is 4.79 Å². The van der Waals surface area contributed by atoms with Gasteiger partial charge in [0.25, 0.3) is 0 Å². The Morgan fingerprint density at radius 2 is 2.30 bits per heavy atom. The second-order valence-electron chi connectivity index (χ2n) is 2.79. The summed E-state index contributed by atoms with van der Waals surface area (Å²) < 4.78 is 4.97. The second-order valence-corrected chi connectivity index (χ2v) is 2.79. The number of carbonyl (C=O) groups excluding carboxylic acids is 1. The molecule has 1 rings (SSSR count). The molecule has 0 aliphatic heterocycles. The largest absolute Gasteiger partial charge is 0.501 e. The first kappa shape index (κ1) is 7.32. The Morgan fingerprint density at radius 1 is 1.60 bits per heavy atom. The maximum absolute atomic E-state index is 10.9. The average molecular weight is 140 g/mol. The summed E-state index contributed by atoms with van der Waals surface area (Å²) in [6, 6.07) is 0. The predicted octanol–water partition coefficient (Wildman–Crippen LogP) is 1.52. The van der Waals surface area contributed by atoms with Crippen LogP contribution in [0.15, 0.2) is 11.8 Å². The van der Waals surface area contributed by atoms with E-state index in [4.69, 9.17) is 4.74 Å². The molecule has 0 amide bonds. The van der Waals surface area contributed by atoms with Crippen molar-refractivity contribution in [2.75, 3.05) is 7.11 Å². The number of rotatable bonds is 1. The van der Waals surface area contributed by atoms with Crippen LogP contribution >= 0.6 is 0 Å². The number of allylic oxidation sites excluding steroid dienone is 2. The highest BCUT2D eigenvalue weighted by Gasteiger charge is 2.16. The summed E-state index contributed by atoms with van der Waals surface area (Å²) in [7, 11) is 1.61. The van der Waals surface area contributed by atoms with Crippen molar-refractivity contribution in [1.82, 2.24) is 0 Å². The lowest BCUT2D eigenvalue weighted by Gasteiger charge is -2.16. The van der Waals surface area contributed by atoms with Crippen LogP contribution in [-0.4, -0.2) is 12.9 Å². The third kappa shape index (κ3) is 1.59. The van der Waals surface area contributed by atoms with Gasteiger partial charge in [0.05, 0.1) is 12.9 Å². The molecule has 0 heterocycles. The van der Waals surface area contributed by atoms with Gasteiger partial charge in [-0.1, -0.05) is 6.92 Å². The van der Waals surface area contributed by atoms with E-state index in [0.717, 1.165) is 12.2 Å². The third-order valence-corrected chi connectivity index (χ3v) is 1.68. The van der Waals surface area contributed by atoms with Gasteiger partial charge in [-0.05, 0) is 5.92 Å². The van der Waals surface area contributed by atoms with Gasteiger partial charge in [-0.25, -0.2) is 0 Å². The first-order valence-corrected chi connectivity index (χ1v) is 3.49. The molecule has 1 aliphatic rings. The SMILES string of the molecule is COC1=CC(=O)C[C@@H](C)C1. The molecule has 10 heavy (non-hydrogen) atoms. The number of ketones is 1. The zero-order chi connectivity index (χ0) is 7.56. The molecule has 0 aromatic rings. The normalized spacial score (nSPS) is 26.0. The zero-order valence-corrected chi connectivity index (χ0v) is 6.39. The van der Waals surface area contributed by atoms with Gasteiger partial charge in [0.15, 0.2) is 5.78 Å². The van der Waals surface area contributed by atoms with Crippen molar-refractivity contribution < 1.29 is 9.53 Å². The number of carbonyl (C=O) groups is 1. The van der Waals surface area contributed by atoms with Crippen LogP contribution in [-0.2, 0) is 9.53 Å². The van der Waals surface area contributed by atoms with Gasteiger partial charge in [-0.2, -0.15) is 0 Å². The summed E-state index contributed by atoms with van der Waals surface area (Å²) in [6.07, 6.45) is 3.18. The van der Waals surface area contributed by atoms with Gasteiger partial charge in [0, 0.05) is 18.9 Å². The van der Waals surface area contributed by atoms with Gasteiger partial charge in [-0.3, -0.25) is 4.79 Å². The molecule has 0 aromatic heterocycles. The van der Waals surface area contributed by atoms with E-state index in [1.54, 1.807) is 13.2 Å². The Balaban J connectivity index is 2.65. The maximum Gasteiger partial charge on any atom is 0.159 e. The fourth-order valence-corrected chi connectivity index (χ4v) is 1.20. The molecule has 0 saturated carbocycles. The summed E-state index contributed by atoms with van der Waals surface area (Å²) >= 11 is 0. The highest BCUT2D eigenvalue weighted by Crippen LogP contribution is 2.21. The predicted molar refractivity (Wildman–Crippen MR) is 38.5 cm³/mol. The topological polar surface area (TPSA) is 26.3 Å². The van der Waals surface area contributed by atoms with E-state index in [1.807, 2.05) is 0 Å². The summed E-state index contributed by atoms with van der Waals surface area (Å²) in [6.45, 7) is 2.06. The fraction of sp³-hybridized carbons (Fsp3) is 0.625. The first-order chi connectivity index (χ1) is 4.72. The van der Waals surface area contributed by atoms with Crippen molar-refractivity contribution in [3.05, 3.63) is 11.8 Å². The minimum atomic E-state index is 0.190. The molecule has 0 spiro atoms. The minimum Gasteiger partial charge on any atom is -0.501 e. The van der Waals surface area contributed by atoms with Crippen LogP contribution in [0, 0.1) is 5.92 Å². The molecule has 0 unspecified atom stereocenters. The molecule has 1 aliphatic carbocycles. The molecule has 2 heteroatoms. The summed E-state index contributed by atoms with van der Waals surface area (Å²) in [5, 5.41) is 0. The van der Waals surface area contributed by atoms with Crippen molar-refractivity contribution >= 4 is 5.78 Å². The highest BCUT2D eigenvalue weighted by molar-refractivity contribution is 5.91. The minimum absolute atomic E-state index is 0.190. The lowest BCUT2D eigenvalue weighted by atomic mass is 9.94. The first-order valence-electron chi connectivity index (χ1n) is 3.49. The standard InChI is InChI=1S/C8H12O2/c1-6-3-7(9)5-8(4-6)10-2/h5-6H,3-4H2,1-2H3/t6-/m1/s1. The lowest BCUT2D eigenvalue weighted by Crippen LogP contribution is -2.11. The van der Waals surface area contributed by atoms with E-state index < -0.39 is 0 Å². The fourth-order valence-electron chi connectivity index (χ4n) is 1.20. The Bertz CT molecular complexity index is 170. The molecular formula is C8H12O2. The van der Waals surface area contributed by atoms with E-state index in [2.05, 4.69) is 6.92 Å². The van der Waals surface area contributed by atoms with E-state index in [1.165, 1.54) is 0 Å². The van der Waals surface area contributed by atoms with Crippen LogP contribution < -0.4 is 0 Å². The Kier molecular flexibility index (Phi) is 2.10. The molecule has 56 valence electrons. The Morgan fingerprint density at radius 3 is 2.80 bits per heavy atom. The summed E-state index contributed by atoms with van der Waals surface area (Å²) in [5.41, 5.74) is 0. The maximum atomic E-state index is 10.9. The molecule has 0 fully saturated rings. The smallest absolute Gasteiger partial charge is 0.159 e. The van der Waals surface area contributed by atoms with Crippen LogP contribution in [0.5, 0.6) is 0 Å². The lowest BCUT2D eigenvalue weighted by molar-refractivity contribution is -0.116. The van der Waals surface area contributed by atoms with Crippen LogP contribution in [0.1, 0.15) is 19.8 Å². The number of methoxy groups -OCH3 is 1. The Hall–Kier alpha value is -0.790. The zero-order valence-electron chi connectivity index (χ0n) is 6.39. The van der Waals surface area contributed by atoms with Crippen LogP contribution in [0.4, 0.5) is 0 Å². The number of hydrogen-bond donors (Lipinski definition) is 0. The van der Waals surface area contributed by atoms with Crippen molar-refractivity contribution in [2.24, 2.45) is 5.92 Å². The van der Waals surface area contributed by atoms with Gasteiger partial charge in [-0.15, -0.1) is 0 Å². The van der Waals surface area contributed by atoms with Crippen molar-refractivity contribution in [3.8, 4) is 0 Å². The molecule has 0 aromatic carbocycles. The summed E-state index contributed by atoms with van der Waals surface area (Å²) in [4.78, 5) is 10.9. The number of ether oxygens (including phenoxy) is 1. The monoisotopic (exact) mass is 140 g/mol. The molecular weight excluding hydrogens is 128 g/mol. The van der Waals surface area contributed by atoms with Gasteiger partial charge in [0.1, 0.15) is 0 Å². The van der Waals surface area contributed by atoms with Crippen LogP contribution in [0.2, 0.25) is 0 Å². The molecule has 0 radical (unpaired) electrons. The van der Waals surface area contributed by atoms with E-state index in [-0.39, 0.29) is 5.78 Å².